The van der Waals surface area contributed by atoms with Crippen LogP contribution in [-0.4, -0.2) is 28.9 Å². The number of aryl methyl sites for hydroxylation is 1. The van der Waals surface area contributed by atoms with Gasteiger partial charge in [0.25, 0.3) is 0 Å². The highest BCUT2D eigenvalue weighted by Crippen LogP contribution is 2.28. The van der Waals surface area contributed by atoms with E-state index in [-0.39, 0.29) is 5.91 Å². The molecule has 1 aliphatic heterocycles. The van der Waals surface area contributed by atoms with Gasteiger partial charge >= 0.3 is 0 Å². The van der Waals surface area contributed by atoms with Crippen LogP contribution in [0.5, 0.6) is 0 Å². The summed E-state index contributed by atoms with van der Waals surface area (Å²) >= 11 is 0. The molecular formula is C19H22N2O. The number of hydrogen-bond donors (Lipinski definition) is 0. The maximum atomic E-state index is 12.3. The fourth-order valence-electron chi connectivity index (χ4n) is 3.14. The van der Waals surface area contributed by atoms with Crippen molar-refractivity contribution in [2.45, 2.75) is 31.6 Å². The molecule has 3 rings (SSSR count). The van der Waals surface area contributed by atoms with E-state index in [1.807, 2.05) is 23.2 Å². The van der Waals surface area contributed by atoms with Crippen molar-refractivity contribution < 1.29 is 4.79 Å². The van der Waals surface area contributed by atoms with Crippen LogP contribution in [0, 0.1) is 0 Å². The van der Waals surface area contributed by atoms with Crippen LogP contribution in [0.1, 0.15) is 36.3 Å². The predicted octanol–water partition coefficient (Wildman–Crippen LogP) is 3.42. The van der Waals surface area contributed by atoms with Gasteiger partial charge in [0.2, 0.25) is 5.91 Å². The highest BCUT2D eigenvalue weighted by atomic mass is 16.2. The van der Waals surface area contributed by atoms with Gasteiger partial charge in [-0.25, -0.2) is 0 Å². The van der Waals surface area contributed by atoms with Crippen LogP contribution >= 0.6 is 0 Å². The minimum atomic E-state index is 0.273. The number of carbonyl (C=O) groups is 1. The van der Waals surface area contributed by atoms with E-state index in [1.54, 1.807) is 6.20 Å². The van der Waals surface area contributed by atoms with E-state index in [0.29, 0.717) is 12.3 Å². The summed E-state index contributed by atoms with van der Waals surface area (Å²) in [5, 5.41) is 0. The van der Waals surface area contributed by atoms with Crippen LogP contribution in [0.2, 0.25) is 0 Å². The minimum absolute atomic E-state index is 0.273. The molecule has 0 saturated carbocycles. The Morgan fingerprint density at radius 2 is 1.86 bits per heavy atom. The summed E-state index contributed by atoms with van der Waals surface area (Å²) in [5.41, 5.74) is 2.54. The number of aromatic nitrogens is 1. The third-order valence-electron chi connectivity index (χ3n) is 4.47. The number of likely N-dealkylation sites (tertiary alicyclic amines) is 1. The molecule has 1 saturated heterocycles. The molecule has 0 atom stereocenters. The molecule has 1 amide bonds. The second-order valence-corrected chi connectivity index (χ2v) is 5.93. The molecule has 3 nitrogen and oxygen atoms in total. The lowest BCUT2D eigenvalue weighted by atomic mass is 9.89. The van der Waals surface area contributed by atoms with E-state index in [2.05, 4.69) is 35.3 Å². The summed E-state index contributed by atoms with van der Waals surface area (Å²) in [6.07, 6.45) is 7.12. The molecule has 1 aromatic heterocycles. The fourth-order valence-corrected chi connectivity index (χ4v) is 3.14. The van der Waals surface area contributed by atoms with Crippen LogP contribution in [0.4, 0.5) is 0 Å². The average molecular weight is 294 g/mol. The predicted molar refractivity (Wildman–Crippen MR) is 87.6 cm³/mol. The van der Waals surface area contributed by atoms with Crippen molar-refractivity contribution in [1.29, 1.82) is 0 Å². The largest absolute Gasteiger partial charge is 0.343 e. The van der Waals surface area contributed by atoms with Crippen LogP contribution in [-0.2, 0) is 11.2 Å². The Bertz CT molecular complexity index is 589. The Labute approximate surface area is 132 Å². The van der Waals surface area contributed by atoms with Gasteiger partial charge in [-0.2, -0.15) is 0 Å². The normalized spacial score (nSPS) is 15.7. The molecule has 0 spiro atoms. The van der Waals surface area contributed by atoms with Gasteiger partial charge in [0.1, 0.15) is 0 Å². The topological polar surface area (TPSA) is 33.2 Å². The van der Waals surface area contributed by atoms with E-state index < -0.39 is 0 Å². The summed E-state index contributed by atoms with van der Waals surface area (Å²) < 4.78 is 0. The Morgan fingerprint density at radius 3 is 2.55 bits per heavy atom. The SMILES string of the molecule is O=C(CCc1cccnc1)N1CCC(c2ccccc2)CC1. The molecule has 2 aromatic rings. The Kier molecular flexibility index (Phi) is 4.84. The Hall–Kier alpha value is -2.16. The lowest BCUT2D eigenvalue weighted by Crippen LogP contribution is -2.38. The van der Waals surface area contributed by atoms with Gasteiger partial charge in [-0.3, -0.25) is 9.78 Å². The van der Waals surface area contributed by atoms with Crippen molar-refractivity contribution in [1.82, 2.24) is 9.88 Å². The smallest absolute Gasteiger partial charge is 0.222 e. The lowest BCUT2D eigenvalue weighted by molar-refractivity contribution is -0.132. The third-order valence-corrected chi connectivity index (χ3v) is 4.47. The van der Waals surface area contributed by atoms with Crippen molar-refractivity contribution in [3.05, 3.63) is 66.0 Å². The molecule has 3 heteroatoms. The van der Waals surface area contributed by atoms with E-state index in [1.165, 1.54) is 5.56 Å². The van der Waals surface area contributed by atoms with Gasteiger partial charge in [-0.1, -0.05) is 36.4 Å². The van der Waals surface area contributed by atoms with Gasteiger partial charge in [0.15, 0.2) is 0 Å². The monoisotopic (exact) mass is 294 g/mol. The lowest BCUT2D eigenvalue weighted by Gasteiger charge is -2.32. The second-order valence-electron chi connectivity index (χ2n) is 5.93. The summed E-state index contributed by atoms with van der Waals surface area (Å²) in [5.74, 6) is 0.874. The summed E-state index contributed by atoms with van der Waals surface area (Å²) in [4.78, 5) is 18.4. The quantitative estimate of drug-likeness (QED) is 0.865. The van der Waals surface area contributed by atoms with Crippen LogP contribution in [0.3, 0.4) is 0 Å². The van der Waals surface area contributed by atoms with Gasteiger partial charge in [0.05, 0.1) is 0 Å². The van der Waals surface area contributed by atoms with Gasteiger partial charge < -0.3 is 4.90 Å². The zero-order valence-electron chi connectivity index (χ0n) is 12.8. The molecule has 1 aromatic carbocycles. The van der Waals surface area contributed by atoms with Gasteiger partial charge in [0, 0.05) is 31.9 Å². The number of rotatable bonds is 4. The molecule has 114 valence electrons. The average Bonchev–Trinajstić information content (AvgIpc) is 2.61. The van der Waals surface area contributed by atoms with Crippen molar-refractivity contribution >= 4 is 5.91 Å². The zero-order valence-corrected chi connectivity index (χ0v) is 12.8. The van der Waals surface area contributed by atoms with Crippen molar-refractivity contribution in [3.63, 3.8) is 0 Å². The zero-order chi connectivity index (χ0) is 15.2. The standard InChI is InChI=1S/C19H22N2O/c22-19(9-8-16-5-4-12-20-15-16)21-13-10-18(11-14-21)17-6-2-1-3-7-17/h1-7,12,15,18H,8-11,13-14H2. The first-order valence-corrected chi connectivity index (χ1v) is 8.04. The number of nitrogens with zero attached hydrogens (tertiary/aromatic N) is 2. The number of pyridine rings is 1. The van der Waals surface area contributed by atoms with E-state index in [4.69, 9.17) is 0 Å². The van der Waals surface area contributed by atoms with Gasteiger partial charge in [-0.15, -0.1) is 0 Å². The molecule has 0 radical (unpaired) electrons. The van der Waals surface area contributed by atoms with Crippen molar-refractivity contribution in [2.24, 2.45) is 0 Å². The van der Waals surface area contributed by atoms with Gasteiger partial charge in [-0.05, 0) is 42.4 Å². The molecule has 0 N–H and O–H groups in total. The molecule has 22 heavy (non-hydrogen) atoms. The first kappa shape index (κ1) is 14.8. The summed E-state index contributed by atoms with van der Waals surface area (Å²) in [7, 11) is 0. The number of amides is 1. The molecule has 0 aliphatic carbocycles. The molecule has 2 heterocycles. The highest BCUT2D eigenvalue weighted by Gasteiger charge is 2.23. The van der Waals surface area contributed by atoms with Crippen LogP contribution < -0.4 is 0 Å². The molecular weight excluding hydrogens is 272 g/mol. The van der Waals surface area contributed by atoms with E-state index >= 15 is 0 Å². The first-order valence-electron chi connectivity index (χ1n) is 8.04. The fraction of sp³-hybridized carbons (Fsp3) is 0.368. The maximum Gasteiger partial charge on any atom is 0.222 e. The number of carbonyl (C=O) groups excluding carboxylic acids is 1. The molecule has 1 fully saturated rings. The molecule has 0 unspecified atom stereocenters. The van der Waals surface area contributed by atoms with E-state index in [9.17, 15) is 4.79 Å². The van der Waals surface area contributed by atoms with Crippen LogP contribution in [0.25, 0.3) is 0 Å². The second kappa shape index (κ2) is 7.21. The first-order chi connectivity index (χ1) is 10.8. The van der Waals surface area contributed by atoms with Crippen molar-refractivity contribution in [3.8, 4) is 0 Å². The molecule has 0 bridgehead atoms. The van der Waals surface area contributed by atoms with Crippen molar-refractivity contribution in [2.75, 3.05) is 13.1 Å². The summed E-state index contributed by atoms with van der Waals surface area (Å²) in [6.45, 7) is 1.76. The van der Waals surface area contributed by atoms with Crippen LogP contribution in [0.15, 0.2) is 54.9 Å². The van der Waals surface area contributed by atoms with E-state index in [0.717, 1.165) is 37.9 Å². The third kappa shape index (κ3) is 3.73. The highest BCUT2D eigenvalue weighted by molar-refractivity contribution is 5.76. The Balaban J connectivity index is 1.48. The molecule has 1 aliphatic rings. The number of benzene rings is 1. The minimum Gasteiger partial charge on any atom is -0.343 e. The Morgan fingerprint density at radius 1 is 1.09 bits per heavy atom. The number of hydrogen-bond acceptors (Lipinski definition) is 2. The maximum absolute atomic E-state index is 12.3. The summed E-state index contributed by atoms with van der Waals surface area (Å²) in [6, 6.07) is 14.6. The number of piperidine rings is 1.